The van der Waals surface area contributed by atoms with Gasteiger partial charge < -0.3 is 37.8 Å². The molecule has 0 aliphatic carbocycles. The number of carbonyl (C=O) groups is 6. The van der Waals surface area contributed by atoms with Gasteiger partial charge in [-0.15, -0.1) is 0 Å². The van der Waals surface area contributed by atoms with Crippen molar-refractivity contribution in [3.63, 3.8) is 0 Å². The van der Waals surface area contributed by atoms with E-state index in [-0.39, 0.29) is 38.1 Å². The van der Waals surface area contributed by atoms with Crippen LogP contribution in [-0.2, 0) is 28.8 Å². The number of carboxylic acid groups (broad SMARTS) is 1. The van der Waals surface area contributed by atoms with Crippen LogP contribution >= 0.6 is 0 Å². The number of nitrogens with zero attached hydrogens (tertiary/aromatic N) is 1. The molecule has 13 heteroatoms. The average molecular weight is 471 g/mol. The molecule has 0 spiro atoms. The molecule has 1 fully saturated rings. The summed E-state index contributed by atoms with van der Waals surface area (Å²) in [5.74, 6) is -4.74. The Morgan fingerprint density at radius 1 is 1.00 bits per heavy atom. The lowest BCUT2D eigenvalue weighted by Gasteiger charge is -2.31. The van der Waals surface area contributed by atoms with Crippen molar-refractivity contribution in [1.29, 1.82) is 0 Å². The number of carbonyl (C=O) groups excluding carboxylic acids is 5. The molecule has 0 bridgehead atoms. The van der Waals surface area contributed by atoms with Crippen LogP contribution in [0.5, 0.6) is 0 Å². The summed E-state index contributed by atoms with van der Waals surface area (Å²) in [6, 6.07) is -4.26. The highest BCUT2D eigenvalue weighted by molar-refractivity contribution is 5.94. The second-order valence-corrected chi connectivity index (χ2v) is 8.44. The molecule has 1 heterocycles. The van der Waals surface area contributed by atoms with Crippen LogP contribution in [0.4, 0.5) is 0 Å². The number of hydrogen-bond donors (Lipinski definition) is 6. The Balaban J connectivity index is 2.88. The molecule has 4 atom stereocenters. The fourth-order valence-corrected chi connectivity index (χ4v) is 3.50. The van der Waals surface area contributed by atoms with Crippen LogP contribution < -0.4 is 27.8 Å². The number of amides is 5. The number of likely N-dealkylation sites (tertiary alicyclic amines) is 1. The third kappa shape index (κ3) is 8.67. The van der Waals surface area contributed by atoms with Crippen LogP contribution in [0, 0.1) is 5.92 Å². The van der Waals surface area contributed by atoms with E-state index in [1.165, 1.54) is 4.90 Å². The Hall–Kier alpha value is -3.22. The van der Waals surface area contributed by atoms with Crippen molar-refractivity contribution in [2.24, 2.45) is 23.1 Å². The smallest absolute Gasteiger partial charge is 0.326 e. The third-order valence-electron chi connectivity index (χ3n) is 5.40. The topological polar surface area (TPSA) is 228 Å². The van der Waals surface area contributed by atoms with Gasteiger partial charge in [0.1, 0.15) is 18.1 Å². The summed E-state index contributed by atoms with van der Waals surface area (Å²) >= 11 is 0. The predicted molar refractivity (Wildman–Crippen MR) is 116 cm³/mol. The van der Waals surface area contributed by atoms with E-state index in [9.17, 15) is 33.9 Å². The molecule has 0 saturated carbocycles. The molecule has 186 valence electrons. The first-order chi connectivity index (χ1) is 15.3. The van der Waals surface area contributed by atoms with Gasteiger partial charge >= 0.3 is 5.97 Å². The Kier molecular flexibility index (Phi) is 10.7. The first kappa shape index (κ1) is 27.8. The lowest BCUT2D eigenvalue weighted by molar-refractivity contribution is -0.145. The van der Waals surface area contributed by atoms with Crippen molar-refractivity contribution >= 4 is 35.5 Å². The van der Waals surface area contributed by atoms with Gasteiger partial charge in [0.2, 0.25) is 29.5 Å². The van der Waals surface area contributed by atoms with E-state index < -0.39 is 59.7 Å². The molecule has 4 unspecified atom stereocenters. The molecule has 1 aliphatic rings. The summed E-state index contributed by atoms with van der Waals surface area (Å²) in [7, 11) is 0. The Morgan fingerprint density at radius 2 is 1.58 bits per heavy atom. The summed E-state index contributed by atoms with van der Waals surface area (Å²) in [6.45, 7) is 3.68. The van der Waals surface area contributed by atoms with Crippen molar-refractivity contribution in [3.8, 4) is 0 Å². The second-order valence-electron chi connectivity index (χ2n) is 8.44. The standard InChI is InChI=1S/C20H34N6O7/c1-10(2)16(25-17(29)11(21)5-7-14(22)27)19(31)26-9-3-4-13(26)18(30)24-12(20(32)33)6-8-15(23)28/h10-13,16H,3-9,21H2,1-2H3,(H2,22,27)(H2,23,28)(H,24,30)(H,25,29)(H,32,33). The summed E-state index contributed by atoms with van der Waals surface area (Å²) in [6.07, 6.45) is 0.379. The maximum Gasteiger partial charge on any atom is 0.326 e. The third-order valence-corrected chi connectivity index (χ3v) is 5.40. The van der Waals surface area contributed by atoms with E-state index in [0.29, 0.717) is 12.8 Å². The molecule has 1 aliphatic heterocycles. The zero-order valence-electron chi connectivity index (χ0n) is 18.9. The van der Waals surface area contributed by atoms with Crippen LogP contribution in [-0.4, -0.2) is 76.2 Å². The summed E-state index contributed by atoms with van der Waals surface area (Å²) in [5.41, 5.74) is 15.9. The number of aliphatic carboxylic acids is 1. The van der Waals surface area contributed by atoms with Crippen LogP contribution in [0.3, 0.4) is 0 Å². The molecular formula is C20H34N6O7. The highest BCUT2D eigenvalue weighted by Crippen LogP contribution is 2.21. The number of primary amides is 2. The first-order valence-electron chi connectivity index (χ1n) is 10.8. The minimum atomic E-state index is -1.33. The zero-order chi connectivity index (χ0) is 25.3. The lowest BCUT2D eigenvalue weighted by atomic mass is 10.0. The van der Waals surface area contributed by atoms with Gasteiger partial charge in [-0.25, -0.2) is 4.79 Å². The molecule has 0 radical (unpaired) electrons. The van der Waals surface area contributed by atoms with Crippen molar-refractivity contribution in [3.05, 3.63) is 0 Å². The maximum atomic E-state index is 13.2. The van der Waals surface area contributed by atoms with Crippen molar-refractivity contribution in [2.75, 3.05) is 6.54 Å². The van der Waals surface area contributed by atoms with Crippen LogP contribution in [0.1, 0.15) is 52.4 Å². The summed E-state index contributed by atoms with van der Waals surface area (Å²) in [5, 5.41) is 14.3. The SMILES string of the molecule is CC(C)C(NC(=O)C(N)CCC(N)=O)C(=O)N1CCCC1C(=O)NC(CCC(N)=O)C(=O)O. The molecule has 0 aromatic carbocycles. The second kappa shape index (κ2) is 12.7. The molecule has 0 aromatic rings. The van der Waals surface area contributed by atoms with E-state index in [0.717, 1.165) is 0 Å². The number of nitrogens with two attached hydrogens (primary N) is 3. The van der Waals surface area contributed by atoms with E-state index in [4.69, 9.17) is 17.2 Å². The Labute approximate surface area is 191 Å². The average Bonchev–Trinajstić information content (AvgIpc) is 3.21. The van der Waals surface area contributed by atoms with Crippen molar-refractivity contribution < 1.29 is 33.9 Å². The van der Waals surface area contributed by atoms with E-state index in [1.807, 2.05) is 0 Å². The lowest BCUT2D eigenvalue weighted by Crippen LogP contribution is -2.58. The predicted octanol–water partition coefficient (Wildman–Crippen LogP) is -2.45. The summed E-state index contributed by atoms with van der Waals surface area (Å²) < 4.78 is 0. The highest BCUT2D eigenvalue weighted by atomic mass is 16.4. The van der Waals surface area contributed by atoms with Gasteiger partial charge in [-0.1, -0.05) is 13.8 Å². The number of carboxylic acids is 1. The maximum absolute atomic E-state index is 13.2. The van der Waals surface area contributed by atoms with Gasteiger partial charge in [-0.3, -0.25) is 24.0 Å². The van der Waals surface area contributed by atoms with Gasteiger partial charge in [0.25, 0.3) is 0 Å². The molecule has 5 amide bonds. The van der Waals surface area contributed by atoms with Gasteiger partial charge in [-0.2, -0.15) is 0 Å². The Bertz CT molecular complexity index is 772. The van der Waals surface area contributed by atoms with Crippen LogP contribution in [0.2, 0.25) is 0 Å². The minimum absolute atomic E-state index is 0.0246. The van der Waals surface area contributed by atoms with Gasteiger partial charge in [0.15, 0.2) is 0 Å². The van der Waals surface area contributed by atoms with Gasteiger partial charge in [-0.05, 0) is 31.6 Å². The van der Waals surface area contributed by atoms with E-state index in [2.05, 4.69) is 10.6 Å². The Morgan fingerprint density at radius 3 is 2.09 bits per heavy atom. The van der Waals surface area contributed by atoms with E-state index >= 15 is 0 Å². The van der Waals surface area contributed by atoms with Crippen molar-refractivity contribution in [1.82, 2.24) is 15.5 Å². The molecule has 9 N–H and O–H groups in total. The number of hydrogen-bond acceptors (Lipinski definition) is 7. The highest BCUT2D eigenvalue weighted by Gasteiger charge is 2.40. The van der Waals surface area contributed by atoms with E-state index in [1.54, 1.807) is 13.8 Å². The fraction of sp³-hybridized carbons (Fsp3) is 0.700. The fourth-order valence-electron chi connectivity index (χ4n) is 3.50. The van der Waals surface area contributed by atoms with Crippen molar-refractivity contribution in [2.45, 2.75) is 76.5 Å². The number of nitrogens with one attached hydrogen (secondary N) is 2. The minimum Gasteiger partial charge on any atom is -0.480 e. The normalized spacial score (nSPS) is 18.3. The monoisotopic (exact) mass is 470 g/mol. The quantitative estimate of drug-likeness (QED) is 0.169. The summed E-state index contributed by atoms with van der Waals surface area (Å²) in [4.78, 5) is 73.0. The molecule has 1 saturated heterocycles. The molecule has 1 rings (SSSR count). The zero-order valence-corrected chi connectivity index (χ0v) is 18.9. The molecule has 13 nitrogen and oxygen atoms in total. The number of rotatable bonds is 13. The first-order valence-corrected chi connectivity index (χ1v) is 10.8. The molecular weight excluding hydrogens is 436 g/mol. The van der Waals surface area contributed by atoms with Gasteiger partial charge in [0, 0.05) is 19.4 Å². The molecule has 33 heavy (non-hydrogen) atoms. The van der Waals surface area contributed by atoms with Gasteiger partial charge in [0.05, 0.1) is 6.04 Å². The van der Waals surface area contributed by atoms with Crippen LogP contribution in [0.25, 0.3) is 0 Å². The molecule has 0 aromatic heterocycles. The largest absolute Gasteiger partial charge is 0.480 e. The van der Waals surface area contributed by atoms with Crippen LogP contribution in [0.15, 0.2) is 0 Å².